The number of anilines is 1. The molecule has 0 bridgehead atoms. The number of imide groups is 1. The second-order valence-electron chi connectivity index (χ2n) is 7.57. The summed E-state index contributed by atoms with van der Waals surface area (Å²) in [4.78, 5) is 30.2. The first-order chi connectivity index (χ1) is 14.6. The highest BCUT2D eigenvalue weighted by molar-refractivity contribution is 6.45. The van der Waals surface area contributed by atoms with E-state index >= 15 is 0 Å². The van der Waals surface area contributed by atoms with Crippen molar-refractivity contribution in [3.8, 4) is 5.75 Å². The van der Waals surface area contributed by atoms with E-state index in [0.717, 1.165) is 50.1 Å². The molecule has 5 nitrogen and oxygen atoms in total. The summed E-state index contributed by atoms with van der Waals surface area (Å²) in [7, 11) is 0. The third-order valence-electron chi connectivity index (χ3n) is 5.41. The summed E-state index contributed by atoms with van der Waals surface area (Å²) >= 11 is 6.13. The molecule has 0 aliphatic carbocycles. The van der Waals surface area contributed by atoms with Crippen molar-refractivity contribution in [1.29, 1.82) is 0 Å². The number of nitrogens with zero attached hydrogens (tertiary/aromatic N) is 2. The van der Waals surface area contributed by atoms with Gasteiger partial charge in [-0.05, 0) is 61.6 Å². The quantitative estimate of drug-likeness (QED) is 0.619. The van der Waals surface area contributed by atoms with E-state index in [1.54, 1.807) is 24.3 Å². The van der Waals surface area contributed by atoms with E-state index < -0.39 is 0 Å². The van der Waals surface area contributed by atoms with Gasteiger partial charge in [0, 0.05) is 18.1 Å². The molecule has 2 aromatic rings. The zero-order valence-corrected chi connectivity index (χ0v) is 17.8. The Morgan fingerprint density at radius 3 is 2.37 bits per heavy atom. The van der Waals surface area contributed by atoms with Crippen LogP contribution in [0.1, 0.15) is 38.2 Å². The van der Waals surface area contributed by atoms with E-state index in [4.69, 9.17) is 16.3 Å². The average Bonchev–Trinajstić information content (AvgIpc) is 3.03. The Labute approximate surface area is 181 Å². The molecule has 1 saturated heterocycles. The molecular formula is C24H25ClN2O3. The molecule has 2 heterocycles. The van der Waals surface area contributed by atoms with Crippen LogP contribution >= 0.6 is 11.6 Å². The molecule has 2 aliphatic heterocycles. The molecule has 2 amide bonds. The maximum absolute atomic E-state index is 13.5. The fourth-order valence-corrected chi connectivity index (χ4v) is 4.16. The summed E-state index contributed by atoms with van der Waals surface area (Å²) in [6, 6.07) is 14.3. The Balaban J connectivity index is 1.75. The zero-order chi connectivity index (χ0) is 21.1. The highest BCUT2D eigenvalue weighted by Crippen LogP contribution is 2.36. The minimum Gasteiger partial charge on any atom is -0.494 e. The lowest BCUT2D eigenvalue weighted by atomic mass is 10.0. The maximum atomic E-state index is 13.5. The summed E-state index contributed by atoms with van der Waals surface area (Å²) in [6.07, 6.45) is 4.09. The number of likely N-dealkylation sites (tertiary alicyclic amines) is 1. The molecule has 156 valence electrons. The monoisotopic (exact) mass is 424 g/mol. The van der Waals surface area contributed by atoms with Gasteiger partial charge in [0.05, 0.1) is 17.9 Å². The van der Waals surface area contributed by atoms with E-state index in [1.165, 1.54) is 4.90 Å². The lowest BCUT2D eigenvalue weighted by Gasteiger charge is -2.29. The van der Waals surface area contributed by atoms with Crippen LogP contribution in [0.15, 0.2) is 54.2 Å². The highest BCUT2D eigenvalue weighted by atomic mass is 35.5. The number of piperidine rings is 1. The van der Waals surface area contributed by atoms with Crippen LogP contribution in [0.3, 0.4) is 0 Å². The molecule has 1 fully saturated rings. The SMILES string of the molecule is CCCOc1ccc(C2=C(N3CCCCC3)C(=O)N(c3cccc(Cl)c3)C2=O)cc1. The molecule has 0 unspecified atom stereocenters. The summed E-state index contributed by atoms with van der Waals surface area (Å²) in [5, 5.41) is 0.485. The van der Waals surface area contributed by atoms with Crippen LogP contribution in [0.25, 0.3) is 5.57 Å². The molecule has 2 aromatic carbocycles. The van der Waals surface area contributed by atoms with Crippen molar-refractivity contribution >= 4 is 34.7 Å². The molecular weight excluding hydrogens is 400 g/mol. The molecule has 4 rings (SSSR count). The third-order valence-corrected chi connectivity index (χ3v) is 5.65. The van der Waals surface area contributed by atoms with E-state index in [2.05, 4.69) is 11.8 Å². The van der Waals surface area contributed by atoms with Crippen molar-refractivity contribution in [3.05, 3.63) is 64.8 Å². The van der Waals surface area contributed by atoms with Crippen molar-refractivity contribution in [1.82, 2.24) is 4.90 Å². The minimum absolute atomic E-state index is 0.287. The van der Waals surface area contributed by atoms with Crippen molar-refractivity contribution in [2.24, 2.45) is 0 Å². The first-order valence-electron chi connectivity index (χ1n) is 10.5. The smallest absolute Gasteiger partial charge is 0.282 e. The van der Waals surface area contributed by atoms with E-state index in [0.29, 0.717) is 28.6 Å². The second kappa shape index (κ2) is 8.92. The van der Waals surface area contributed by atoms with Gasteiger partial charge in [0.25, 0.3) is 11.8 Å². The summed E-state index contributed by atoms with van der Waals surface area (Å²) in [6.45, 7) is 4.25. The van der Waals surface area contributed by atoms with Crippen LogP contribution in [-0.2, 0) is 9.59 Å². The fraction of sp³-hybridized carbons (Fsp3) is 0.333. The summed E-state index contributed by atoms with van der Waals surface area (Å²) in [5.41, 5.74) is 2.15. The molecule has 0 saturated carbocycles. The Morgan fingerprint density at radius 1 is 0.967 bits per heavy atom. The average molecular weight is 425 g/mol. The maximum Gasteiger partial charge on any atom is 0.282 e. The number of amides is 2. The van der Waals surface area contributed by atoms with Crippen molar-refractivity contribution in [2.75, 3.05) is 24.6 Å². The number of halogens is 1. The van der Waals surface area contributed by atoms with Crippen LogP contribution in [-0.4, -0.2) is 36.4 Å². The molecule has 6 heteroatoms. The normalized spacial score (nSPS) is 17.1. The Bertz CT molecular complexity index is 978. The summed E-state index contributed by atoms with van der Waals surface area (Å²) < 4.78 is 5.66. The van der Waals surface area contributed by atoms with Crippen LogP contribution in [0.5, 0.6) is 5.75 Å². The molecule has 0 radical (unpaired) electrons. The van der Waals surface area contributed by atoms with Gasteiger partial charge in [-0.3, -0.25) is 9.59 Å². The fourth-order valence-electron chi connectivity index (χ4n) is 3.98. The zero-order valence-electron chi connectivity index (χ0n) is 17.1. The van der Waals surface area contributed by atoms with Gasteiger partial charge in [0.1, 0.15) is 11.4 Å². The van der Waals surface area contributed by atoms with Crippen LogP contribution < -0.4 is 9.64 Å². The Morgan fingerprint density at radius 2 is 1.70 bits per heavy atom. The number of hydrogen-bond donors (Lipinski definition) is 0. The molecule has 0 spiro atoms. The number of rotatable bonds is 6. The van der Waals surface area contributed by atoms with Crippen molar-refractivity contribution in [2.45, 2.75) is 32.6 Å². The minimum atomic E-state index is -0.315. The molecule has 30 heavy (non-hydrogen) atoms. The summed E-state index contributed by atoms with van der Waals surface area (Å²) in [5.74, 6) is 0.153. The number of carbonyl (C=O) groups excluding carboxylic acids is 2. The Kier molecular flexibility index (Phi) is 6.09. The second-order valence-corrected chi connectivity index (χ2v) is 8.01. The first-order valence-corrected chi connectivity index (χ1v) is 10.8. The van der Waals surface area contributed by atoms with Gasteiger partial charge in [-0.2, -0.15) is 0 Å². The van der Waals surface area contributed by atoms with E-state index in [-0.39, 0.29) is 11.8 Å². The van der Waals surface area contributed by atoms with Crippen LogP contribution in [0.4, 0.5) is 5.69 Å². The topological polar surface area (TPSA) is 49.9 Å². The molecule has 0 N–H and O–H groups in total. The predicted octanol–water partition coefficient (Wildman–Crippen LogP) is 4.90. The molecule has 2 aliphatic rings. The van der Waals surface area contributed by atoms with Crippen LogP contribution in [0, 0.1) is 0 Å². The van der Waals surface area contributed by atoms with Crippen molar-refractivity contribution in [3.63, 3.8) is 0 Å². The van der Waals surface area contributed by atoms with E-state index in [1.807, 2.05) is 24.3 Å². The number of hydrogen-bond acceptors (Lipinski definition) is 4. The standard InChI is InChI=1S/C24H25ClN2O3/c1-2-15-30-20-11-9-17(10-12-20)21-22(26-13-4-3-5-14-26)24(29)27(23(21)28)19-8-6-7-18(25)16-19/h6-12,16H,2-5,13-15H2,1H3. The lowest BCUT2D eigenvalue weighted by molar-refractivity contribution is -0.120. The first kappa shape index (κ1) is 20.5. The van der Waals surface area contributed by atoms with E-state index in [9.17, 15) is 9.59 Å². The van der Waals surface area contributed by atoms with Gasteiger partial charge in [-0.1, -0.05) is 36.7 Å². The van der Waals surface area contributed by atoms with Gasteiger partial charge in [0.15, 0.2) is 0 Å². The van der Waals surface area contributed by atoms with Gasteiger partial charge in [0.2, 0.25) is 0 Å². The largest absolute Gasteiger partial charge is 0.494 e. The highest BCUT2D eigenvalue weighted by Gasteiger charge is 2.42. The number of carbonyl (C=O) groups is 2. The Hall–Kier alpha value is -2.79. The lowest BCUT2D eigenvalue weighted by Crippen LogP contribution is -2.37. The van der Waals surface area contributed by atoms with Gasteiger partial charge < -0.3 is 9.64 Å². The number of ether oxygens (including phenoxy) is 1. The number of benzene rings is 2. The van der Waals surface area contributed by atoms with Crippen molar-refractivity contribution < 1.29 is 14.3 Å². The molecule has 0 atom stereocenters. The predicted molar refractivity (Wildman–Crippen MR) is 119 cm³/mol. The van der Waals surface area contributed by atoms with Gasteiger partial charge in [-0.15, -0.1) is 0 Å². The van der Waals surface area contributed by atoms with Gasteiger partial charge in [-0.25, -0.2) is 4.90 Å². The molecule has 0 aromatic heterocycles. The van der Waals surface area contributed by atoms with Crippen LogP contribution in [0.2, 0.25) is 5.02 Å². The van der Waals surface area contributed by atoms with Gasteiger partial charge >= 0.3 is 0 Å². The third kappa shape index (κ3) is 3.94.